The van der Waals surface area contributed by atoms with Crippen molar-refractivity contribution in [3.63, 3.8) is 0 Å². The minimum absolute atomic E-state index is 0.477. The number of nitrogens with zero attached hydrogens (tertiary/aromatic N) is 2. The van der Waals surface area contributed by atoms with Gasteiger partial charge in [-0.25, -0.2) is 0 Å². The summed E-state index contributed by atoms with van der Waals surface area (Å²) in [6, 6.07) is 20.2. The van der Waals surface area contributed by atoms with Crippen molar-refractivity contribution in [2.75, 3.05) is 49.1 Å². The zero-order chi connectivity index (χ0) is 16.0. The van der Waals surface area contributed by atoms with Crippen LogP contribution in [0.4, 0.5) is 11.4 Å². The normalized spacial score (nSPS) is 28.8. The number of benzene rings is 2. The Morgan fingerprint density at radius 3 is 1.96 bits per heavy atom. The number of anilines is 2. The van der Waals surface area contributed by atoms with Gasteiger partial charge in [-0.2, -0.15) is 0 Å². The number of hydrogen-bond donors (Lipinski definition) is 1. The first kappa shape index (κ1) is 14.4. The van der Waals surface area contributed by atoms with Gasteiger partial charge < -0.3 is 15.1 Å². The van der Waals surface area contributed by atoms with Crippen LogP contribution < -0.4 is 15.1 Å². The number of nitrogens with one attached hydrogen (secondary N) is 1. The summed E-state index contributed by atoms with van der Waals surface area (Å²) in [5.41, 5.74) is 4.75. The quantitative estimate of drug-likeness (QED) is 0.938. The van der Waals surface area contributed by atoms with E-state index in [1.165, 1.54) is 30.9 Å². The van der Waals surface area contributed by atoms with Gasteiger partial charge >= 0.3 is 0 Å². The molecule has 2 saturated heterocycles. The van der Waals surface area contributed by atoms with Crippen LogP contribution in [-0.2, 0) is 5.41 Å². The van der Waals surface area contributed by atoms with Crippen LogP contribution in [0.2, 0.25) is 0 Å². The van der Waals surface area contributed by atoms with Gasteiger partial charge in [0.05, 0.1) is 0 Å². The second-order valence-electron chi connectivity index (χ2n) is 7.54. The summed E-state index contributed by atoms with van der Waals surface area (Å²) in [5, 5.41) is 3.54. The highest BCUT2D eigenvalue weighted by molar-refractivity contribution is 5.53. The minimum Gasteiger partial charge on any atom is -0.368 e. The summed E-state index contributed by atoms with van der Waals surface area (Å²) < 4.78 is 0. The summed E-state index contributed by atoms with van der Waals surface area (Å²) in [6.45, 7) is 6.78. The van der Waals surface area contributed by atoms with Gasteiger partial charge in [0.25, 0.3) is 0 Å². The van der Waals surface area contributed by atoms with Crippen LogP contribution in [0.3, 0.4) is 0 Å². The van der Waals surface area contributed by atoms with Crippen molar-refractivity contribution in [1.82, 2.24) is 5.32 Å². The Hall–Kier alpha value is -2.00. The Balaban J connectivity index is 1.25. The van der Waals surface area contributed by atoms with Crippen LogP contribution in [0.1, 0.15) is 12.0 Å². The number of piperazine rings is 1. The Labute approximate surface area is 144 Å². The van der Waals surface area contributed by atoms with Crippen LogP contribution in [0.25, 0.3) is 0 Å². The average Bonchev–Trinajstić information content (AvgIpc) is 3.23. The van der Waals surface area contributed by atoms with E-state index in [-0.39, 0.29) is 0 Å². The standard InChI is InChI=1S/C21H25N3/c1-2-4-19(5-3-1)23-10-12-24(13-11-23)20-8-6-17(7-9-20)21-14-18(21)15-22-16-21/h1-9,18,22H,10-16H2. The molecule has 124 valence electrons. The maximum absolute atomic E-state index is 3.54. The van der Waals surface area contributed by atoms with Crippen molar-refractivity contribution in [3.05, 3.63) is 60.2 Å². The molecule has 3 fully saturated rings. The molecule has 1 aliphatic carbocycles. The van der Waals surface area contributed by atoms with Crippen molar-refractivity contribution < 1.29 is 0 Å². The Bertz CT molecular complexity index is 704. The third kappa shape index (κ3) is 2.30. The topological polar surface area (TPSA) is 18.5 Å². The van der Waals surface area contributed by atoms with Gasteiger partial charge in [-0.1, -0.05) is 30.3 Å². The molecule has 5 rings (SSSR count). The molecule has 3 aliphatic rings. The van der Waals surface area contributed by atoms with Crippen LogP contribution in [-0.4, -0.2) is 39.3 Å². The van der Waals surface area contributed by atoms with Crippen LogP contribution >= 0.6 is 0 Å². The molecule has 2 aromatic carbocycles. The minimum atomic E-state index is 0.477. The summed E-state index contributed by atoms with van der Waals surface area (Å²) in [5.74, 6) is 0.887. The SMILES string of the molecule is c1ccc(N2CCN(c3ccc(C45CNCC4C5)cc3)CC2)cc1. The zero-order valence-corrected chi connectivity index (χ0v) is 14.1. The Morgan fingerprint density at radius 2 is 1.42 bits per heavy atom. The third-order valence-electron chi connectivity index (χ3n) is 6.27. The number of piperidine rings is 1. The summed E-state index contributed by atoms with van der Waals surface area (Å²) in [6.07, 6.45) is 1.38. The molecule has 2 aromatic rings. The molecule has 2 aliphatic heterocycles. The van der Waals surface area contributed by atoms with E-state index >= 15 is 0 Å². The number of hydrogen-bond acceptors (Lipinski definition) is 3. The molecular weight excluding hydrogens is 294 g/mol. The number of rotatable bonds is 3. The Morgan fingerprint density at radius 1 is 0.792 bits per heavy atom. The summed E-state index contributed by atoms with van der Waals surface area (Å²) in [4.78, 5) is 5.01. The van der Waals surface area contributed by atoms with Crippen LogP contribution in [0.15, 0.2) is 54.6 Å². The monoisotopic (exact) mass is 319 g/mol. The maximum atomic E-state index is 3.54. The second-order valence-corrected chi connectivity index (χ2v) is 7.54. The molecule has 24 heavy (non-hydrogen) atoms. The van der Waals surface area contributed by atoms with Gasteiger partial charge in [-0.3, -0.25) is 0 Å². The van der Waals surface area contributed by atoms with Crippen molar-refractivity contribution in [3.8, 4) is 0 Å². The predicted molar refractivity (Wildman–Crippen MR) is 100.0 cm³/mol. The molecule has 0 spiro atoms. The van der Waals surface area contributed by atoms with Crippen molar-refractivity contribution in [2.24, 2.45) is 5.92 Å². The lowest BCUT2D eigenvalue weighted by Crippen LogP contribution is -2.46. The smallest absolute Gasteiger partial charge is 0.0367 e. The molecule has 2 unspecified atom stereocenters. The number of fused-ring (bicyclic) bond motifs is 1. The predicted octanol–water partition coefficient (Wildman–Crippen LogP) is 2.87. The van der Waals surface area contributed by atoms with E-state index in [0.29, 0.717) is 5.41 Å². The van der Waals surface area contributed by atoms with E-state index in [4.69, 9.17) is 0 Å². The van der Waals surface area contributed by atoms with Gasteiger partial charge in [0.15, 0.2) is 0 Å². The fourth-order valence-corrected chi connectivity index (χ4v) is 4.66. The summed E-state index contributed by atoms with van der Waals surface area (Å²) in [7, 11) is 0. The van der Waals surface area contributed by atoms with E-state index in [2.05, 4.69) is 69.7 Å². The van der Waals surface area contributed by atoms with Crippen LogP contribution in [0, 0.1) is 5.92 Å². The van der Waals surface area contributed by atoms with E-state index in [1.54, 1.807) is 5.56 Å². The van der Waals surface area contributed by atoms with Gasteiger partial charge in [-0.15, -0.1) is 0 Å². The molecule has 1 N–H and O–H groups in total. The highest BCUT2D eigenvalue weighted by atomic mass is 15.3. The fraction of sp³-hybridized carbons (Fsp3) is 0.429. The first-order chi connectivity index (χ1) is 11.9. The van der Waals surface area contributed by atoms with Crippen molar-refractivity contribution >= 4 is 11.4 Å². The Kier molecular flexibility index (Phi) is 3.30. The largest absolute Gasteiger partial charge is 0.368 e. The highest BCUT2D eigenvalue weighted by Crippen LogP contribution is 2.56. The number of para-hydroxylation sites is 1. The molecular formula is C21H25N3. The molecule has 2 heterocycles. The molecule has 3 nitrogen and oxygen atoms in total. The highest BCUT2D eigenvalue weighted by Gasteiger charge is 2.57. The van der Waals surface area contributed by atoms with E-state index < -0.39 is 0 Å². The molecule has 0 bridgehead atoms. The average molecular weight is 319 g/mol. The van der Waals surface area contributed by atoms with E-state index in [1.807, 2.05) is 0 Å². The van der Waals surface area contributed by atoms with Crippen molar-refractivity contribution in [2.45, 2.75) is 11.8 Å². The molecule has 0 amide bonds. The van der Waals surface area contributed by atoms with Crippen molar-refractivity contribution in [1.29, 1.82) is 0 Å². The molecule has 2 atom stereocenters. The van der Waals surface area contributed by atoms with Gasteiger partial charge in [0.1, 0.15) is 0 Å². The van der Waals surface area contributed by atoms with E-state index in [9.17, 15) is 0 Å². The lowest BCUT2D eigenvalue weighted by Gasteiger charge is -2.37. The maximum Gasteiger partial charge on any atom is 0.0367 e. The first-order valence-electron chi connectivity index (χ1n) is 9.21. The lowest BCUT2D eigenvalue weighted by atomic mass is 9.95. The third-order valence-corrected chi connectivity index (χ3v) is 6.27. The zero-order valence-electron chi connectivity index (χ0n) is 14.1. The van der Waals surface area contributed by atoms with Gasteiger partial charge in [0, 0.05) is 49.5 Å². The molecule has 1 saturated carbocycles. The van der Waals surface area contributed by atoms with Crippen LogP contribution in [0.5, 0.6) is 0 Å². The lowest BCUT2D eigenvalue weighted by molar-refractivity contribution is 0.652. The molecule has 3 heteroatoms. The van der Waals surface area contributed by atoms with E-state index in [0.717, 1.165) is 32.1 Å². The van der Waals surface area contributed by atoms with Gasteiger partial charge in [0.2, 0.25) is 0 Å². The molecule has 0 aromatic heterocycles. The first-order valence-corrected chi connectivity index (χ1v) is 9.21. The molecule has 0 radical (unpaired) electrons. The second kappa shape index (κ2) is 5.52. The summed E-state index contributed by atoms with van der Waals surface area (Å²) >= 11 is 0. The van der Waals surface area contributed by atoms with Gasteiger partial charge in [-0.05, 0) is 48.7 Å². The fourth-order valence-electron chi connectivity index (χ4n) is 4.66.